The minimum atomic E-state index is -4.65. The van der Waals surface area contributed by atoms with Gasteiger partial charge < -0.3 is 15.7 Å². The number of anilines is 1. The minimum Gasteiger partial charge on any atom is -0.386 e. The second-order valence-corrected chi connectivity index (χ2v) is 10.1. The number of pyridine rings is 1. The van der Waals surface area contributed by atoms with Gasteiger partial charge in [-0.2, -0.15) is 13.2 Å². The van der Waals surface area contributed by atoms with E-state index in [1.807, 2.05) is 0 Å². The maximum atomic E-state index is 13.0. The third kappa shape index (κ3) is 6.79. The summed E-state index contributed by atoms with van der Waals surface area (Å²) in [6.45, 7) is 3.17. The van der Waals surface area contributed by atoms with Crippen LogP contribution in [0.15, 0.2) is 30.3 Å². The fraction of sp³-hybridized carbons (Fsp3) is 0.440. The van der Waals surface area contributed by atoms with Gasteiger partial charge in [-0.05, 0) is 51.0 Å². The quantitative estimate of drug-likeness (QED) is 0.379. The summed E-state index contributed by atoms with van der Waals surface area (Å²) in [7, 11) is 1.56. The van der Waals surface area contributed by atoms with E-state index in [0.717, 1.165) is 40.2 Å². The van der Waals surface area contributed by atoms with Crippen molar-refractivity contribution in [2.75, 3.05) is 12.4 Å². The second kappa shape index (κ2) is 11.3. The monoisotopic (exact) mass is 522 g/mol. The number of hydrogen-bond donors (Lipinski definition) is 3. The van der Waals surface area contributed by atoms with Gasteiger partial charge in [0.15, 0.2) is 0 Å². The lowest BCUT2D eigenvalue weighted by atomic mass is 9.90. The molecular weight excluding hydrogens is 493 g/mol. The molecule has 1 saturated carbocycles. The highest BCUT2D eigenvalue weighted by Crippen LogP contribution is 2.40. The Morgan fingerprint density at radius 2 is 1.81 bits per heavy atom. The van der Waals surface area contributed by atoms with Crippen molar-refractivity contribution in [1.82, 2.24) is 15.3 Å². The Morgan fingerprint density at radius 1 is 1.14 bits per heavy atom. The number of carbonyl (C=O) groups is 2. The Labute approximate surface area is 211 Å². The second-order valence-electron chi connectivity index (χ2n) is 9.08. The summed E-state index contributed by atoms with van der Waals surface area (Å²) in [5.74, 6) is -0.364. The van der Waals surface area contributed by atoms with Gasteiger partial charge in [-0.25, -0.2) is 9.97 Å². The number of aliphatic hydroxyl groups is 1. The fourth-order valence-corrected chi connectivity index (χ4v) is 5.19. The molecule has 0 saturated heterocycles. The molecule has 2 amide bonds. The van der Waals surface area contributed by atoms with Gasteiger partial charge in [-0.1, -0.05) is 25.3 Å². The van der Waals surface area contributed by atoms with E-state index >= 15 is 0 Å². The van der Waals surface area contributed by atoms with E-state index in [-0.39, 0.29) is 5.69 Å². The van der Waals surface area contributed by atoms with Crippen LogP contribution in [-0.2, 0) is 16.6 Å². The zero-order valence-corrected chi connectivity index (χ0v) is 21.1. The Hall–Kier alpha value is -3.05. The van der Waals surface area contributed by atoms with Gasteiger partial charge in [0.2, 0.25) is 6.41 Å². The molecule has 0 bridgehead atoms. The molecule has 7 nitrogen and oxygen atoms in total. The number of carbonyl (C=O) groups excluding carboxylic acids is 2. The summed E-state index contributed by atoms with van der Waals surface area (Å²) < 4.78 is 39.8. The van der Waals surface area contributed by atoms with Crippen molar-refractivity contribution >= 4 is 39.6 Å². The number of alkyl halides is 3. The van der Waals surface area contributed by atoms with Crippen LogP contribution in [0.3, 0.4) is 0 Å². The normalized spacial score (nSPS) is 14.6. The average Bonchev–Trinajstić information content (AvgIpc) is 3.26. The van der Waals surface area contributed by atoms with Crippen molar-refractivity contribution in [2.24, 2.45) is 0 Å². The zero-order chi connectivity index (χ0) is 26.5. The van der Waals surface area contributed by atoms with E-state index in [9.17, 15) is 23.1 Å². The predicted octanol–water partition coefficient (Wildman–Crippen LogP) is 5.60. The summed E-state index contributed by atoms with van der Waals surface area (Å²) in [5, 5.41) is 16.6. The number of aromatic nitrogens is 2. The molecule has 3 N–H and O–H groups in total. The number of rotatable bonds is 5. The Balaban J connectivity index is 0.000000840. The molecule has 1 aliphatic carbocycles. The van der Waals surface area contributed by atoms with Crippen LogP contribution in [-0.4, -0.2) is 34.4 Å². The summed E-state index contributed by atoms with van der Waals surface area (Å²) in [4.78, 5) is 30.0. The van der Waals surface area contributed by atoms with E-state index in [4.69, 9.17) is 9.78 Å². The predicted molar refractivity (Wildman–Crippen MR) is 133 cm³/mol. The van der Waals surface area contributed by atoms with Crippen LogP contribution >= 0.6 is 11.3 Å². The van der Waals surface area contributed by atoms with Crippen LogP contribution in [0.1, 0.15) is 78.6 Å². The number of hydrogen-bond acceptors (Lipinski definition) is 6. The largest absolute Gasteiger partial charge is 0.433 e. The van der Waals surface area contributed by atoms with E-state index in [1.54, 1.807) is 44.4 Å². The van der Waals surface area contributed by atoms with Crippen molar-refractivity contribution in [3.05, 3.63) is 52.3 Å². The van der Waals surface area contributed by atoms with E-state index < -0.39 is 23.4 Å². The average molecular weight is 523 g/mol. The van der Waals surface area contributed by atoms with Gasteiger partial charge in [0.1, 0.15) is 11.4 Å². The standard InChI is InChI=1S/C23H24F3N3O2S.C2H5NO/c1-22(2,31)14-11-17-18(32-21(29-17)13-7-4-3-5-8-13)12-16(14)28-20(30)15-9-6-10-19(27-15)23(24,25)26;1-3-2-4/h6,9-13,31H,3-5,7-8H2,1-2H3,(H,28,30);2H,1H3,(H,3,4). The van der Waals surface area contributed by atoms with Crippen LogP contribution in [0.5, 0.6) is 0 Å². The molecule has 0 atom stereocenters. The molecule has 1 aromatic carbocycles. The Kier molecular flexibility index (Phi) is 8.67. The van der Waals surface area contributed by atoms with Crippen molar-refractivity contribution in [3.63, 3.8) is 0 Å². The van der Waals surface area contributed by atoms with E-state index in [2.05, 4.69) is 15.6 Å². The third-order valence-electron chi connectivity index (χ3n) is 5.80. The van der Waals surface area contributed by atoms with Crippen LogP contribution in [0, 0.1) is 0 Å². The molecular formula is C25H29F3N4O3S. The highest BCUT2D eigenvalue weighted by Gasteiger charge is 2.33. The number of benzene rings is 1. The highest BCUT2D eigenvalue weighted by atomic mass is 32.1. The molecule has 1 aliphatic rings. The number of thiazole rings is 1. The first-order chi connectivity index (χ1) is 16.9. The van der Waals surface area contributed by atoms with E-state index in [0.29, 0.717) is 23.6 Å². The first-order valence-electron chi connectivity index (χ1n) is 11.6. The first-order valence-corrected chi connectivity index (χ1v) is 12.4. The third-order valence-corrected chi connectivity index (χ3v) is 6.98. The molecule has 2 aromatic heterocycles. The summed E-state index contributed by atoms with van der Waals surface area (Å²) >= 11 is 1.56. The smallest absolute Gasteiger partial charge is 0.386 e. The van der Waals surface area contributed by atoms with Crippen LogP contribution in [0.4, 0.5) is 18.9 Å². The summed E-state index contributed by atoms with van der Waals surface area (Å²) in [6.07, 6.45) is 1.78. The number of nitrogens with zero attached hydrogens (tertiary/aromatic N) is 2. The maximum Gasteiger partial charge on any atom is 0.433 e. The molecule has 11 heteroatoms. The van der Waals surface area contributed by atoms with Crippen molar-refractivity contribution in [3.8, 4) is 0 Å². The number of nitrogens with one attached hydrogen (secondary N) is 2. The minimum absolute atomic E-state index is 0.327. The molecule has 0 spiro atoms. The van der Waals surface area contributed by atoms with Gasteiger partial charge >= 0.3 is 6.18 Å². The molecule has 2 heterocycles. The fourth-order valence-electron chi connectivity index (χ4n) is 4.03. The number of halogens is 3. The zero-order valence-electron chi connectivity index (χ0n) is 20.3. The van der Waals surface area contributed by atoms with Crippen molar-refractivity contribution < 1.29 is 27.9 Å². The SMILES string of the molecule is CC(C)(O)c1cc2nc(C3CCCCC3)sc2cc1NC(=O)c1cccc(C(F)(F)F)n1.CNC=O. The molecule has 36 heavy (non-hydrogen) atoms. The van der Waals surface area contributed by atoms with Gasteiger partial charge in [0.25, 0.3) is 5.91 Å². The lowest BCUT2D eigenvalue weighted by Crippen LogP contribution is -2.22. The maximum absolute atomic E-state index is 13.0. The lowest BCUT2D eigenvalue weighted by molar-refractivity contribution is -0.141. The molecule has 1 fully saturated rings. The lowest BCUT2D eigenvalue weighted by Gasteiger charge is -2.22. The number of amides is 2. The van der Waals surface area contributed by atoms with Gasteiger partial charge in [-0.3, -0.25) is 9.59 Å². The van der Waals surface area contributed by atoms with Gasteiger partial charge in [-0.15, -0.1) is 11.3 Å². The van der Waals surface area contributed by atoms with Crippen molar-refractivity contribution in [1.29, 1.82) is 0 Å². The molecule has 194 valence electrons. The Morgan fingerprint density at radius 3 is 2.39 bits per heavy atom. The molecule has 0 unspecified atom stereocenters. The molecule has 0 radical (unpaired) electrons. The summed E-state index contributed by atoms with van der Waals surface area (Å²) in [5.41, 5.74) is -1.29. The Bertz CT molecular complexity index is 1220. The molecule has 4 rings (SSSR count). The van der Waals surface area contributed by atoms with Crippen LogP contribution in [0.25, 0.3) is 10.2 Å². The molecule has 0 aliphatic heterocycles. The van der Waals surface area contributed by atoms with Gasteiger partial charge in [0, 0.05) is 24.2 Å². The first kappa shape index (κ1) is 27.5. The highest BCUT2D eigenvalue weighted by molar-refractivity contribution is 7.18. The topological polar surface area (TPSA) is 104 Å². The van der Waals surface area contributed by atoms with E-state index in [1.165, 1.54) is 25.3 Å². The van der Waals surface area contributed by atoms with Gasteiger partial charge in [0.05, 0.1) is 20.8 Å². The van der Waals surface area contributed by atoms with Crippen LogP contribution in [0.2, 0.25) is 0 Å². The van der Waals surface area contributed by atoms with Crippen LogP contribution < -0.4 is 10.6 Å². The van der Waals surface area contributed by atoms with Crippen molar-refractivity contribution in [2.45, 2.75) is 63.6 Å². The number of fused-ring (bicyclic) bond motifs is 1. The molecule has 3 aromatic rings. The summed E-state index contributed by atoms with van der Waals surface area (Å²) in [6, 6.07) is 6.66.